The van der Waals surface area contributed by atoms with E-state index in [0.29, 0.717) is 5.92 Å². The van der Waals surface area contributed by atoms with E-state index in [4.69, 9.17) is 0 Å². The molecule has 0 amide bonds. The molecule has 2 atom stereocenters. The van der Waals surface area contributed by atoms with E-state index in [-0.39, 0.29) is 5.41 Å². The number of alkyl halides is 1. The second kappa shape index (κ2) is 1.55. The number of hydrogen-bond donors (Lipinski definition) is 1. The molecule has 2 unspecified atom stereocenters. The highest BCUT2D eigenvalue weighted by molar-refractivity contribution is 5.16. The predicted octanol–water partition coefficient (Wildman–Crippen LogP) is 1.34. The third kappa shape index (κ3) is 0.605. The molecular weight excluding hydrogens is 129 g/mol. The maximum atomic E-state index is 13.5. The van der Waals surface area contributed by atoms with Crippen molar-refractivity contribution in [1.82, 2.24) is 5.32 Å². The van der Waals surface area contributed by atoms with Crippen LogP contribution in [0.3, 0.4) is 0 Å². The summed E-state index contributed by atoms with van der Waals surface area (Å²) in [5.41, 5.74) is -0.950. The second-order valence-corrected chi connectivity index (χ2v) is 4.16. The highest BCUT2D eigenvalue weighted by Crippen LogP contribution is 2.62. The first-order valence-electron chi connectivity index (χ1n) is 3.96. The Bertz CT molecular complexity index is 161. The van der Waals surface area contributed by atoms with Gasteiger partial charge in [-0.2, -0.15) is 0 Å². The summed E-state index contributed by atoms with van der Waals surface area (Å²) in [6, 6.07) is 0. The van der Waals surface area contributed by atoms with Crippen LogP contribution in [0.25, 0.3) is 0 Å². The van der Waals surface area contributed by atoms with E-state index in [1.165, 1.54) is 0 Å². The zero-order chi connectivity index (χ0) is 7.41. The maximum Gasteiger partial charge on any atom is 0.112 e. The van der Waals surface area contributed by atoms with Crippen molar-refractivity contribution in [2.75, 3.05) is 13.1 Å². The Labute approximate surface area is 61.0 Å². The number of halogens is 1. The van der Waals surface area contributed by atoms with Gasteiger partial charge in [0, 0.05) is 12.0 Å². The standard InChI is InChI=1S/C8H14FN/c1-7(2,9)8-3-6(8)4-10-5-8/h6,10H,3-5H2,1-2H3. The molecule has 10 heavy (non-hydrogen) atoms. The predicted molar refractivity (Wildman–Crippen MR) is 38.6 cm³/mol. The summed E-state index contributed by atoms with van der Waals surface area (Å²) in [6.45, 7) is 5.34. The molecule has 1 saturated heterocycles. The van der Waals surface area contributed by atoms with E-state index >= 15 is 0 Å². The minimum absolute atomic E-state index is 0.0208. The molecule has 0 radical (unpaired) electrons. The molecule has 1 aliphatic heterocycles. The van der Waals surface area contributed by atoms with Crippen molar-refractivity contribution in [3.8, 4) is 0 Å². The van der Waals surface area contributed by atoms with Crippen molar-refractivity contribution < 1.29 is 4.39 Å². The van der Waals surface area contributed by atoms with E-state index in [0.717, 1.165) is 19.5 Å². The van der Waals surface area contributed by atoms with Crippen LogP contribution in [0.2, 0.25) is 0 Å². The van der Waals surface area contributed by atoms with Gasteiger partial charge in [0.2, 0.25) is 0 Å². The molecule has 1 aliphatic carbocycles. The molecule has 1 N–H and O–H groups in total. The van der Waals surface area contributed by atoms with Gasteiger partial charge in [0.15, 0.2) is 0 Å². The smallest absolute Gasteiger partial charge is 0.112 e. The molecule has 0 aromatic rings. The number of hydrogen-bond acceptors (Lipinski definition) is 1. The van der Waals surface area contributed by atoms with E-state index in [1.807, 2.05) is 0 Å². The zero-order valence-corrected chi connectivity index (χ0v) is 6.58. The molecule has 0 spiro atoms. The summed E-state index contributed by atoms with van der Waals surface area (Å²) in [7, 11) is 0. The first-order valence-corrected chi connectivity index (χ1v) is 3.96. The highest BCUT2D eigenvalue weighted by atomic mass is 19.1. The molecule has 0 aromatic carbocycles. The topological polar surface area (TPSA) is 12.0 Å². The van der Waals surface area contributed by atoms with Gasteiger partial charge in [0.1, 0.15) is 5.67 Å². The number of fused-ring (bicyclic) bond motifs is 1. The Morgan fingerprint density at radius 3 is 2.50 bits per heavy atom. The van der Waals surface area contributed by atoms with E-state index in [1.54, 1.807) is 13.8 Å². The lowest BCUT2D eigenvalue weighted by atomic mass is 9.88. The van der Waals surface area contributed by atoms with E-state index in [2.05, 4.69) is 5.32 Å². The van der Waals surface area contributed by atoms with Gasteiger partial charge in [-0.15, -0.1) is 0 Å². The van der Waals surface area contributed by atoms with Crippen molar-refractivity contribution in [2.24, 2.45) is 11.3 Å². The van der Waals surface area contributed by atoms with Gasteiger partial charge >= 0.3 is 0 Å². The van der Waals surface area contributed by atoms with Crippen LogP contribution < -0.4 is 5.32 Å². The van der Waals surface area contributed by atoms with E-state index < -0.39 is 5.67 Å². The van der Waals surface area contributed by atoms with E-state index in [9.17, 15) is 4.39 Å². The monoisotopic (exact) mass is 143 g/mol. The lowest BCUT2D eigenvalue weighted by Gasteiger charge is -2.24. The molecule has 58 valence electrons. The van der Waals surface area contributed by atoms with Gasteiger partial charge in [-0.25, -0.2) is 4.39 Å². The van der Waals surface area contributed by atoms with Gasteiger partial charge in [-0.1, -0.05) is 0 Å². The molecule has 2 aliphatic rings. The number of nitrogens with one attached hydrogen (secondary N) is 1. The average molecular weight is 143 g/mol. The Morgan fingerprint density at radius 2 is 2.30 bits per heavy atom. The molecule has 0 bridgehead atoms. The third-order valence-corrected chi connectivity index (χ3v) is 3.25. The van der Waals surface area contributed by atoms with Gasteiger partial charge in [-0.3, -0.25) is 0 Å². The zero-order valence-electron chi connectivity index (χ0n) is 6.58. The molecule has 1 saturated carbocycles. The summed E-state index contributed by atoms with van der Waals surface area (Å²) in [6.07, 6.45) is 1.10. The Kier molecular flexibility index (Phi) is 1.02. The number of rotatable bonds is 1. The van der Waals surface area contributed by atoms with Crippen LogP contribution in [0.1, 0.15) is 20.3 Å². The fourth-order valence-corrected chi connectivity index (χ4v) is 2.27. The van der Waals surface area contributed by atoms with Crippen molar-refractivity contribution in [3.05, 3.63) is 0 Å². The Balaban J connectivity index is 2.18. The van der Waals surface area contributed by atoms with Gasteiger partial charge < -0.3 is 5.32 Å². The maximum absolute atomic E-state index is 13.5. The van der Waals surface area contributed by atoms with Crippen molar-refractivity contribution in [1.29, 1.82) is 0 Å². The lowest BCUT2D eigenvalue weighted by Crippen LogP contribution is -2.32. The minimum atomic E-state index is -0.971. The fourth-order valence-electron chi connectivity index (χ4n) is 2.27. The summed E-state index contributed by atoms with van der Waals surface area (Å²) in [5, 5.41) is 3.23. The van der Waals surface area contributed by atoms with Gasteiger partial charge in [0.25, 0.3) is 0 Å². The lowest BCUT2D eigenvalue weighted by molar-refractivity contribution is 0.108. The van der Waals surface area contributed by atoms with Crippen LogP contribution in [-0.2, 0) is 0 Å². The summed E-state index contributed by atoms with van der Waals surface area (Å²) in [4.78, 5) is 0. The first kappa shape index (κ1) is 6.59. The van der Waals surface area contributed by atoms with Crippen molar-refractivity contribution >= 4 is 0 Å². The molecular formula is C8H14FN. The molecule has 2 heteroatoms. The van der Waals surface area contributed by atoms with Crippen LogP contribution in [0.4, 0.5) is 4.39 Å². The van der Waals surface area contributed by atoms with Crippen LogP contribution in [0.5, 0.6) is 0 Å². The van der Waals surface area contributed by atoms with Crippen molar-refractivity contribution in [3.63, 3.8) is 0 Å². The van der Waals surface area contributed by atoms with Crippen LogP contribution in [0, 0.1) is 11.3 Å². The van der Waals surface area contributed by atoms with Crippen molar-refractivity contribution in [2.45, 2.75) is 25.9 Å². The summed E-state index contributed by atoms with van der Waals surface area (Å²) < 4.78 is 13.5. The Morgan fingerprint density at radius 1 is 1.60 bits per heavy atom. The van der Waals surface area contributed by atoms with Crippen LogP contribution in [-0.4, -0.2) is 18.8 Å². The average Bonchev–Trinajstić information content (AvgIpc) is 2.36. The normalized spacial score (nSPS) is 45.3. The molecule has 0 aromatic heterocycles. The molecule has 1 nitrogen and oxygen atoms in total. The fraction of sp³-hybridized carbons (Fsp3) is 1.00. The third-order valence-electron chi connectivity index (χ3n) is 3.25. The minimum Gasteiger partial charge on any atom is -0.316 e. The number of piperidine rings is 1. The highest BCUT2D eigenvalue weighted by Gasteiger charge is 2.65. The van der Waals surface area contributed by atoms with Gasteiger partial charge in [0.05, 0.1) is 0 Å². The Hall–Kier alpha value is -0.110. The SMILES string of the molecule is CC(C)(F)C12CNCC1C2. The molecule has 2 fully saturated rings. The molecule has 2 rings (SSSR count). The largest absolute Gasteiger partial charge is 0.316 e. The van der Waals surface area contributed by atoms with Gasteiger partial charge in [-0.05, 0) is 32.7 Å². The molecule has 1 heterocycles. The first-order chi connectivity index (χ1) is 4.56. The quantitative estimate of drug-likeness (QED) is 0.584. The summed E-state index contributed by atoms with van der Waals surface area (Å²) in [5.74, 6) is 0.632. The van der Waals surface area contributed by atoms with Crippen LogP contribution in [0.15, 0.2) is 0 Å². The van der Waals surface area contributed by atoms with Crippen LogP contribution >= 0.6 is 0 Å². The second-order valence-electron chi connectivity index (χ2n) is 4.16. The summed E-state index contributed by atoms with van der Waals surface area (Å²) >= 11 is 0.